The molecule has 0 saturated heterocycles. The number of hydrogen-bond acceptors (Lipinski definition) is 1. The smallest absolute Gasteiger partial charge is 0.182 e. The number of halogens is 1. The first kappa shape index (κ1) is 12.6. The van der Waals surface area contributed by atoms with Crippen molar-refractivity contribution in [2.24, 2.45) is 0 Å². The molecule has 0 aliphatic rings. The van der Waals surface area contributed by atoms with Crippen LogP contribution in [-0.4, -0.2) is 10.4 Å². The van der Waals surface area contributed by atoms with Crippen LogP contribution in [0.25, 0.3) is 10.9 Å². The molecule has 0 unspecified atom stereocenters. The Bertz CT molecular complexity index is 789. The maximum Gasteiger partial charge on any atom is 0.182 e. The number of hydrogen-bond donors (Lipinski definition) is 0. The van der Waals surface area contributed by atoms with Crippen molar-refractivity contribution in [3.63, 3.8) is 0 Å². The third-order valence-electron chi connectivity index (χ3n) is 3.39. The van der Waals surface area contributed by atoms with Crippen LogP contribution in [0.5, 0.6) is 0 Å². The minimum absolute atomic E-state index is 0.0514. The highest BCUT2D eigenvalue weighted by molar-refractivity contribution is 5.97. The van der Waals surface area contributed by atoms with Crippen LogP contribution in [0.15, 0.2) is 54.7 Å². The molecule has 0 aliphatic heterocycles. The van der Waals surface area contributed by atoms with E-state index in [4.69, 9.17) is 0 Å². The van der Waals surface area contributed by atoms with Crippen molar-refractivity contribution in [2.45, 2.75) is 13.5 Å². The summed E-state index contributed by atoms with van der Waals surface area (Å²) in [5.74, 6) is -0.212. The summed E-state index contributed by atoms with van der Waals surface area (Å²) in [6.07, 6.45) is 1.82. The van der Waals surface area contributed by atoms with Crippen molar-refractivity contribution in [1.82, 2.24) is 4.57 Å². The van der Waals surface area contributed by atoms with Crippen molar-refractivity contribution in [2.75, 3.05) is 0 Å². The zero-order valence-corrected chi connectivity index (χ0v) is 11.1. The fraction of sp³-hybridized carbons (Fsp3) is 0.118. The van der Waals surface area contributed by atoms with Gasteiger partial charge in [-0.05, 0) is 37.3 Å². The third-order valence-corrected chi connectivity index (χ3v) is 3.39. The number of aromatic nitrogens is 1. The Kier molecular flexibility index (Phi) is 3.11. The number of carbonyl (C=O) groups is 1. The summed E-state index contributed by atoms with van der Waals surface area (Å²) in [4.78, 5) is 12.3. The quantitative estimate of drug-likeness (QED) is 0.658. The molecule has 100 valence electrons. The molecule has 2 aromatic carbocycles. The summed E-state index contributed by atoms with van der Waals surface area (Å²) in [6, 6.07) is 14.0. The summed E-state index contributed by atoms with van der Waals surface area (Å²) in [6.45, 7) is 2.23. The Morgan fingerprint density at radius 3 is 2.80 bits per heavy atom. The van der Waals surface area contributed by atoms with Gasteiger partial charge in [0.2, 0.25) is 0 Å². The molecule has 20 heavy (non-hydrogen) atoms. The standard InChI is InChI=1S/C17H14FNO/c1-12-3-2-4-14(9-12)17(20)11-19-8-7-13-10-15(18)5-6-16(13)19/h2-10H,11H2,1H3. The molecule has 1 aromatic heterocycles. The van der Waals surface area contributed by atoms with E-state index in [9.17, 15) is 9.18 Å². The van der Waals surface area contributed by atoms with E-state index in [1.807, 2.05) is 48.0 Å². The Balaban J connectivity index is 1.91. The molecule has 3 aromatic rings. The number of ketones is 1. The Morgan fingerprint density at radius 1 is 1.15 bits per heavy atom. The van der Waals surface area contributed by atoms with Gasteiger partial charge in [0.25, 0.3) is 0 Å². The molecule has 1 heterocycles. The van der Waals surface area contributed by atoms with Gasteiger partial charge in [-0.2, -0.15) is 0 Å². The van der Waals surface area contributed by atoms with Gasteiger partial charge in [0.15, 0.2) is 5.78 Å². The van der Waals surface area contributed by atoms with Crippen LogP contribution in [0.4, 0.5) is 4.39 Å². The lowest BCUT2D eigenvalue weighted by Gasteiger charge is -2.05. The van der Waals surface area contributed by atoms with Crippen LogP contribution in [0.1, 0.15) is 15.9 Å². The Labute approximate surface area is 116 Å². The molecule has 2 nitrogen and oxygen atoms in total. The molecule has 0 N–H and O–H groups in total. The lowest BCUT2D eigenvalue weighted by atomic mass is 10.1. The van der Waals surface area contributed by atoms with Crippen molar-refractivity contribution in [1.29, 1.82) is 0 Å². The van der Waals surface area contributed by atoms with E-state index in [2.05, 4.69) is 0 Å². The largest absolute Gasteiger partial charge is 0.340 e. The van der Waals surface area contributed by atoms with Crippen LogP contribution in [0.3, 0.4) is 0 Å². The third kappa shape index (κ3) is 2.35. The highest BCUT2D eigenvalue weighted by atomic mass is 19.1. The van der Waals surface area contributed by atoms with Gasteiger partial charge in [-0.1, -0.05) is 23.8 Å². The number of Topliss-reactive ketones (excluding diaryl/α,β-unsaturated/α-hetero) is 1. The molecule has 0 fully saturated rings. The van der Waals surface area contributed by atoms with Crippen molar-refractivity contribution >= 4 is 16.7 Å². The summed E-state index contributed by atoms with van der Waals surface area (Å²) in [5, 5.41) is 0.807. The van der Waals surface area contributed by atoms with Gasteiger partial charge >= 0.3 is 0 Å². The van der Waals surface area contributed by atoms with E-state index in [1.165, 1.54) is 12.1 Å². The first-order valence-corrected chi connectivity index (χ1v) is 6.48. The lowest BCUT2D eigenvalue weighted by Crippen LogP contribution is -2.09. The monoisotopic (exact) mass is 267 g/mol. The maximum absolute atomic E-state index is 13.1. The lowest BCUT2D eigenvalue weighted by molar-refractivity contribution is 0.0973. The molecular weight excluding hydrogens is 253 g/mol. The molecule has 0 amide bonds. The van der Waals surface area contributed by atoms with Gasteiger partial charge in [-0.25, -0.2) is 4.39 Å². The average Bonchev–Trinajstić information content (AvgIpc) is 2.81. The van der Waals surface area contributed by atoms with Crippen molar-refractivity contribution in [3.8, 4) is 0 Å². The van der Waals surface area contributed by atoms with Gasteiger partial charge in [0, 0.05) is 22.7 Å². The summed E-state index contributed by atoms with van der Waals surface area (Å²) >= 11 is 0. The topological polar surface area (TPSA) is 22.0 Å². The first-order valence-electron chi connectivity index (χ1n) is 6.48. The van der Waals surface area contributed by atoms with Crippen LogP contribution in [0.2, 0.25) is 0 Å². The van der Waals surface area contributed by atoms with Gasteiger partial charge in [-0.15, -0.1) is 0 Å². The Hall–Kier alpha value is -2.42. The zero-order valence-electron chi connectivity index (χ0n) is 11.1. The minimum Gasteiger partial charge on any atom is -0.340 e. The van der Waals surface area contributed by atoms with E-state index in [0.717, 1.165) is 16.5 Å². The highest BCUT2D eigenvalue weighted by Gasteiger charge is 2.09. The molecular formula is C17H14FNO. The zero-order chi connectivity index (χ0) is 14.1. The molecule has 0 aliphatic carbocycles. The van der Waals surface area contributed by atoms with Crippen molar-refractivity contribution in [3.05, 3.63) is 71.7 Å². The van der Waals surface area contributed by atoms with Gasteiger partial charge in [0.1, 0.15) is 5.82 Å². The highest BCUT2D eigenvalue weighted by Crippen LogP contribution is 2.18. The second-order valence-corrected chi connectivity index (χ2v) is 4.94. The second kappa shape index (κ2) is 4.93. The molecule has 0 atom stereocenters. The minimum atomic E-state index is -0.264. The normalized spacial score (nSPS) is 10.9. The number of benzene rings is 2. The molecule has 3 heteroatoms. The molecule has 0 spiro atoms. The van der Waals surface area contributed by atoms with Crippen LogP contribution in [-0.2, 0) is 6.54 Å². The van der Waals surface area contributed by atoms with Crippen LogP contribution in [0, 0.1) is 12.7 Å². The second-order valence-electron chi connectivity index (χ2n) is 4.94. The van der Waals surface area contributed by atoms with E-state index in [1.54, 1.807) is 6.07 Å². The summed E-state index contributed by atoms with van der Waals surface area (Å²) < 4.78 is 15.0. The molecule has 0 saturated carbocycles. The SMILES string of the molecule is Cc1cccc(C(=O)Cn2ccc3cc(F)ccc32)c1. The van der Waals surface area contributed by atoms with E-state index in [-0.39, 0.29) is 18.1 Å². The first-order chi connectivity index (χ1) is 9.63. The fourth-order valence-corrected chi connectivity index (χ4v) is 2.37. The van der Waals surface area contributed by atoms with Gasteiger partial charge in [0.05, 0.1) is 6.54 Å². The van der Waals surface area contributed by atoms with E-state index >= 15 is 0 Å². The Morgan fingerprint density at radius 2 is 2.00 bits per heavy atom. The number of carbonyl (C=O) groups excluding carboxylic acids is 1. The van der Waals surface area contributed by atoms with E-state index < -0.39 is 0 Å². The number of fused-ring (bicyclic) bond motifs is 1. The maximum atomic E-state index is 13.1. The number of aryl methyl sites for hydroxylation is 1. The van der Waals surface area contributed by atoms with Gasteiger partial charge in [-0.3, -0.25) is 4.79 Å². The molecule has 3 rings (SSSR count). The van der Waals surface area contributed by atoms with Crippen LogP contribution < -0.4 is 0 Å². The average molecular weight is 267 g/mol. The fourth-order valence-electron chi connectivity index (χ4n) is 2.37. The molecule has 0 radical (unpaired) electrons. The van der Waals surface area contributed by atoms with Crippen LogP contribution >= 0.6 is 0 Å². The number of rotatable bonds is 3. The number of nitrogens with zero attached hydrogens (tertiary/aromatic N) is 1. The predicted octanol–water partition coefficient (Wildman–Crippen LogP) is 3.97. The predicted molar refractivity (Wildman–Crippen MR) is 77.4 cm³/mol. The van der Waals surface area contributed by atoms with E-state index in [0.29, 0.717) is 5.56 Å². The van der Waals surface area contributed by atoms with Gasteiger partial charge < -0.3 is 4.57 Å². The van der Waals surface area contributed by atoms with Crippen molar-refractivity contribution < 1.29 is 9.18 Å². The summed E-state index contributed by atoms with van der Waals surface area (Å²) in [5.41, 5.74) is 2.64. The summed E-state index contributed by atoms with van der Waals surface area (Å²) in [7, 11) is 0. The molecule has 0 bridgehead atoms.